The molecule has 0 aliphatic rings. The van der Waals surface area contributed by atoms with Crippen LogP contribution in [0.5, 0.6) is 0 Å². The number of rotatable bonds is 9. The molecule has 0 radical (unpaired) electrons. The highest BCUT2D eigenvalue weighted by Gasteiger charge is 2.22. The van der Waals surface area contributed by atoms with Crippen LogP contribution in [0, 0.1) is 0 Å². The zero-order chi connectivity index (χ0) is 10.9. The molecule has 0 spiro atoms. The summed E-state index contributed by atoms with van der Waals surface area (Å²) in [5.41, 5.74) is 0. The topological polar surface area (TPSA) is 17.1 Å². The average molecular weight is 272 g/mol. The van der Waals surface area contributed by atoms with Crippen molar-refractivity contribution >= 4 is 38.9 Å². The Labute approximate surface area is 101 Å². The van der Waals surface area contributed by atoms with Gasteiger partial charge in [0.15, 0.2) is 0 Å². The first-order valence-electron chi connectivity index (χ1n) is 5.22. The van der Waals surface area contributed by atoms with Gasteiger partial charge in [0.1, 0.15) is 0 Å². The first-order valence-corrected chi connectivity index (χ1v) is 11.7. The van der Waals surface area contributed by atoms with Crippen LogP contribution in [0.4, 0.5) is 0 Å². The standard InChI is InChI=1S/C9H21OPS3/c1-4-7-12-11(10,13-8-5-2)14-9-6-3/h4-9H2,1-3H3. The molecule has 0 aromatic carbocycles. The van der Waals surface area contributed by atoms with Crippen LogP contribution in [-0.2, 0) is 4.57 Å². The molecule has 0 rings (SSSR count). The fourth-order valence-corrected chi connectivity index (χ4v) is 12.5. The van der Waals surface area contributed by atoms with E-state index in [0.29, 0.717) is 0 Å². The van der Waals surface area contributed by atoms with E-state index >= 15 is 0 Å². The minimum Gasteiger partial charge on any atom is -0.289 e. The van der Waals surface area contributed by atoms with Crippen molar-refractivity contribution in [3.05, 3.63) is 0 Å². The Kier molecular flexibility index (Phi) is 10.4. The van der Waals surface area contributed by atoms with E-state index in [4.69, 9.17) is 0 Å². The Hall–Kier alpha value is 1.28. The van der Waals surface area contributed by atoms with Crippen molar-refractivity contribution < 1.29 is 4.57 Å². The number of hydrogen-bond acceptors (Lipinski definition) is 4. The molecule has 0 heterocycles. The maximum absolute atomic E-state index is 12.4. The fourth-order valence-electron chi connectivity index (χ4n) is 0.721. The fraction of sp³-hybridized carbons (Fsp3) is 1.00. The highest BCUT2D eigenvalue weighted by atomic mass is 33.4. The molecular weight excluding hydrogens is 251 g/mol. The van der Waals surface area contributed by atoms with Crippen molar-refractivity contribution in [1.82, 2.24) is 0 Å². The molecule has 0 fully saturated rings. The van der Waals surface area contributed by atoms with Crippen LogP contribution in [0.25, 0.3) is 0 Å². The van der Waals surface area contributed by atoms with Crippen molar-refractivity contribution in [3.63, 3.8) is 0 Å². The summed E-state index contributed by atoms with van der Waals surface area (Å²) < 4.78 is 10.4. The lowest BCUT2D eigenvalue weighted by Crippen LogP contribution is -1.78. The van der Waals surface area contributed by atoms with E-state index in [1.807, 2.05) is 0 Å². The summed E-state index contributed by atoms with van der Waals surface area (Å²) in [7, 11) is 0. The zero-order valence-electron chi connectivity index (χ0n) is 9.32. The van der Waals surface area contributed by atoms with Gasteiger partial charge in [-0.2, -0.15) is 0 Å². The van der Waals surface area contributed by atoms with Gasteiger partial charge < -0.3 is 0 Å². The van der Waals surface area contributed by atoms with Gasteiger partial charge in [0.05, 0.1) is 0 Å². The summed E-state index contributed by atoms with van der Waals surface area (Å²) in [6.07, 6.45) is 3.36. The van der Waals surface area contributed by atoms with E-state index < -0.39 is 4.75 Å². The predicted molar refractivity (Wildman–Crippen MR) is 75.9 cm³/mol. The summed E-state index contributed by atoms with van der Waals surface area (Å²) >= 11 is 5.06. The molecule has 0 aromatic rings. The molecule has 0 bridgehead atoms. The first-order chi connectivity index (χ1) is 6.68. The molecule has 0 aliphatic carbocycles. The van der Waals surface area contributed by atoms with Gasteiger partial charge >= 0.3 is 0 Å². The first kappa shape index (κ1) is 15.3. The highest BCUT2D eigenvalue weighted by Crippen LogP contribution is 2.78. The van der Waals surface area contributed by atoms with Crippen molar-refractivity contribution in [2.45, 2.75) is 40.0 Å². The van der Waals surface area contributed by atoms with Crippen LogP contribution in [0.15, 0.2) is 0 Å². The summed E-state index contributed by atoms with van der Waals surface area (Å²) in [4.78, 5) is 0. The molecule has 86 valence electrons. The van der Waals surface area contributed by atoms with E-state index in [1.54, 1.807) is 34.1 Å². The van der Waals surface area contributed by atoms with E-state index in [-0.39, 0.29) is 0 Å². The molecule has 0 saturated carbocycles. The maximum Gasteiger partial charge on any atom is 0.243 e. The third-order valence-corrected chi connectivity index (χ3v) is 14.3. The van der Waals surface area contributed by atoms with Gasteiger partial charge in [-0.05, 0) is 19.3 Å². The molecule has 0 atom stereocenters. The molecule has 0 saturated heterocycles. The van der Waals surface area contributed by atoms with E-state index in [1.165, 1.54) is 0 Å². The predicted octanol–water partition coefficient (Wildman–Crippen LogP) is 5.52. The lowest BCUT2D eigenvalue weighted by atomic mass is 10.6. The Bertz CT molecular complexity index is 147. The maximum atomic E-state index is 12.4. The lowest BCUT2D eigenvalue weighted by Gasteiger charge is -2.14. The van der Waals surface area contributed by atoms with Crippen molar-refractivity contribution in [2.24, 2.45) is 0 Å². The third kappa shape index (κ3) is 7.56. The third-order valence-electron chi connectivity index (χ3n) is 1.36. The van der Waals surface area contributed by atoms with Crippen LogP contribution in [-0.4, -0.2) is 17.3 Å². The van der Waals surface area contributed by atoms with Crippen LogP contribution in [0.3, 0.4) is 0 Å². The van der Waals surface area contributed by atoms with Crippen LogP contribution in [0.2, 0.25) is 0 Å². The monoisotopic (exact) mass is 272 g/mol. The molecule has 0 aliphatic heterocycles. The molecule has 1 nitrogen and oxygen atoms in total. The Morgan fingerprint density at radius 3 is 1.29 bits per heavy atom. The van der Waals surface area contributed by atoms with Gasteiger partial charge in [0, 0.05) is 17.3 Å². The largest absolute Gasteiger partial charge is 0.289 e. The second-order valence-electron chi connectivity index (χ2n) is 2.95. The average Bonchev–Trinajstić information content (AvgIpc) is 2.21. The van der Waals surface area contributed by atoms with Crippen LogP contribution >= 0.6 is 38.9 Å². The second-order valence-corrected chi connectivity index (χ2v) is 14.9. The summed E-state index contributed by atoms with van der Waals surface area (Å²) in [6, 6.07) is 0. The molecule has 14 heavy (non-hydrogen) atoms. The Morgan fingerprint density at radius 2 is 1.07 bits per heavy atom. The second kappa shape index (κ2) is 9.50. The van der Waals surface area contributed by atoms with Gasteiger partial charge in [-0.25, -0.2) is 0 Å². The van der Waals surface area contributed by atoms with E-state index in [0.717, 1.165) is 36.5 Å². The summed E-state index contributed by atoms with van der Waals surface area (Å²) in [5.74, 6) is 3.10. The van der Waals surface area contributed by atoms with E-state index in [2.05, 4.69) is 20.8 Å². The van der Waals surface area contributed by atoms with Gasteiger partial charge in [-0.1, -0.05) is 54.9 Å². The molecule has 0 aromatic heterocycles. The Morgan fingerprint density at radius 1 is 0.786 bits per heavy atom. The minimum absolute atomic E-state index is 1.03. The van der Waals surface area contributed by atoms with Crippen molar-refractivity contribution in [1.29, 1.82) is 0 Å². The van der Waals surface area contributed by atoms with Crippen LogP contribution < -0.4 is 0 Å². The zero-order valence-corrected chi connectivity index (χ0v) is 12.7. The Balaban J connectivity index is 3.97. The molecular formula is C9H21OPS3. The van der Waals surface area contributed by atoms with Crippen molar-refractivity contribution in [2.75, 3.05) is 17.3 Å². The molecule has 5 heteroatoms. The molecule has 0 unspecified atom stereocenters. The number of hydrogen-bond donors (Lipinski definition) is 0. The quantitative estimate of drug-likeness (QED) is 0.513. The van der Waals surface area contributed by atoms with Gasteiger partial charge in [0.2, 0.25) is 4.75 Å². The highest BCUT2D eigenvalue weighted by molar-refractivity contribution is 9.14. The minimum atomic E-state index is -2.02. The summed E-state index contributed by atoms with van der Waals surface area (Å²) in [6.45, 7) is 6.44. The van der Waals surface area contributed by atoms with Gasteiger partial charge in [0.25, 0.3) is 0 Å². The normalized spacial score (nSPS) is 11.9. The smallest absolute Gasteiger partial charge is 0.243 e. The van der Waals surface area contributed by atoms with E-state index in [9.17, 15) is 4.57 Å². The molecule has 0 N–H and O–H groups in total. The van der Waals surface area contributed by atoms with Gasteiger partial charge in [-0.3, -0.25) is 4.57 Å². The van der Waals surface area contributed by atoms with Gasteiger partial charge in [-0.15, -0.1) is 0 Å². The molecule has 0 amide bonds. The van der Waals surface area contributed by atoms with Crippen molar-refractivity contribution in [3.8, 4) is 0 Å². The summed E-state index contributed by atoms with van der Waals surface area (Å²) in [5, 5.41) is 0. The van der Waals surface area contributed by atoms with Crippen LogP contribution in [0.1, 0.15) is 40.0 Å². The SMILES string of the molecule is CCCSP(=O)(SCCC)SCCC. The lowest BCUT2D eigenvalue weighted by molar-refractivity contribution is 0.601.